The molecule has 3 heteroatoms. The predicted octanol–water partition coefficient (Wildman–Crippen LogP) is 1.45. The number of hydrogen-bond donors (Lipinski definition) is 1. The van der Waals surface area contributed by atoms with Gasteiger partial charge >= 0.3 is 0 Å². The highest BCUT2D eigenvalue weighted by molar-refractivity contribution is 5.42. The minimum atomic E-state index is 0.250. The van der Waals surface area contributed by atoms with E-state index in [2.05, 4.69) is 22.7 Å². The van der Waals surface area contributed by atoms with Crippen LogP contribution in [0.2, 0.25) is 0 Å². The SMILES string of the molecule is C#CCCCc1ccc(C)nc1.NC=O. The van der Waals surface area contributed by atoms with E-state index in [9.17, 15) is 0 Å². The summed E-state index contributed by atoms with van der Waals surface area (Å²) in [5.41, 5.74) is 6.51. The normalized spacial score (nSPS) is 8.27. The molecule has 0 aliphatic rings. The molecular weight excluding hydrogens is 188 g/mol. The van der Waals surface area contributed by atoms with Crippen LogP contribution in [0.25, 0.3) is 0 Å². The maximum atomic E-state index is 8.58. The highest BCUT2D eigenvalue weighted by Crippen LogP contribution is 2.03. The van der Waals surface area contributed by atoms with Crippen molar-refractivity contribution in [2.45, 2.75) is 26.2 Å². The van der Waals surface area contributed by atoms with Gasteiger partial charge in [0.15, 0.2) is 0 Å². The second kappa shape index (κ2) is 8.76. The Morgan fingerprint density at radius 1 is 1.60 bits per heavy atom. The molecule has 0 saturated carbocycles. The van der Waals surface area contributed by atoms with Gasteiger partial charge in [0.1, 0.15) is 0 Å². The fraction of sp³-hybridized carbons (Fsp3) is 0.333. The Bertz CT molecular complexity index is 311. The molecule has 0 aromatic carbocycles. The maximum absolute atomic E-state index is 8.58. The van der Waals surface area contributed by atoms with E-state index in [1.165, 1.54) is 5.56 Å². The summed E-state index contributed by atoms with van der Waals surface area (Å²) in [6.45, 7) is 1.99. The van der Waals surface area contributed by atoms with Gasteiger partial charge in [-0.25, -0.2) is 0 Å². The average Bonchev–Trinajstić information content (AvgIpc) is 2.23. The van der Waals surface area contributed by atoms with Crippen molar-refractivity contribution < 1.29 is 4.79 Å². The number of hydrogen-bond acceptors (Lipinski definition) is 2. The number of carbonyl (C=O) groups is 1. The Balaban J connectivity index is 0.000000583. The van der Waals surface area contributed by atoms with Gasteiger partial charge in [0.25, 0.3) is 0 Å². The summed E-state index contributed by atoms with van der Waals surface area (Å²) in [7, 11) is 0. The van der Waals surface area contributed by atoms with E-state index >= 15 is 0 Å². The number of unbranched alkanes of at least 4 members (excludes halogenated alkanes) is 1. The second-order valence-corrected chi connectivity index (χ2v) is 3.00. The Kier molecular flexibility index (Phi) is 7.70. The summed E-state index contributed by atoms with van der Waals surface area (Å²) in [5.74, 6) is 2.63. The van der Waals surface area contributed by atoms with Crippen LogP contribution in [-0.4, -0.2) is 11.4 Å². The van der Waals surface area contributed by atoms with Crippen LogP contribution in [0.15, 0.2) is 18.3 Å². The van der Waals surface area contributed by atoms with Gasteiger partial charge in [-0.05, 0) is 31.4 Å². The molecule has 0 spiro atoms. The molecule has 0 saturated heterocycles. The molecule has 1 aromatic heterocycles. The summed E-state index contributed by atoms with van der Waals surface area (Å²) in [5, 5.41) is 0. The molecule has 1 aromatic rings. The topological polar surface area (TPSA) is 56.0 Å². The molecule has 0 radical (unpaired) electrons. The van der Waals surface area contributed by atoms with Crippen molar-refractivity contribution in [3.05, 3.63) is 29.6 Å². The minimum absolute atomic E-state index is 0.250. The zero-order chi connectivity index (χ0) is 11.5. The number of amides is 1. The minimum Gasteiger partial charge on any atom is -0.372 e. The lowest BCUT2D eigenvalue weighted by Crippen LogP contribution is -1.87. The number of carbonyl (C=O) groups excluding carboxylic acids is 1. The number of aryl methyl sites for hydroxylation is 2. The van der Waals surface area contributed by atoms with Crippen LogP contribution in [-0.2, 0) is 11.2 Å². The summed E-state index contributed by atoms with van der Waals surface area (Å²) in [6.07, 6.45) is 10.3. The standard InChI is InChI=1S/C11H13N.CH3NO/c1-3-4-5-6-11-8-7-10(2)12-9-11;2-1-3/h1,7-9H,4-6H2,2H3;1H,(H2,2,3). The Morgan fingerprint density at radius 3 is 2.73 bits per heavy atom. The molecule has 3 nitrogen and oxygen atoms in total. The number of terminal acetylenes is 1. The molecule has 1 amide bonds. The second-order valence-electron chi connectivity index (χ2n) is 3.00. The van der Waals surface area contributed by atoms with Crippen molar-refractivity contribution in [2.24, 2.45) is 5.73 Å². The van der Waals surface area contributed by atoms with Crippen LogP contribution in [0.3, 0.4) is 0 Å². The molecule has 0 aliphatic carbocycles. The van der Waals surface area contributed by atoms with Gasteiger partial charge in [0.05, 0.1) is 0 Å². The number of nitrogens with zero attached hydrogens (tertiary/aromatic N) is 1. The lowest BCUT2D eigenvalue weighted by Gasteiger charge is -1.98. The molecule has 1 rings (SSSR count). The third kappa shape index (κ3) is 7.27. The molecule has 80 valence electrons. The van der Waals surface area contributed by atoms with E-state index in [4.69, 9.17) is 11.2 Å². The first kappa shape index (κ1) is 13.2. The smallest absolute Gasteiger partial charge is 0.204 e. The summed E-state index contributed by atoms with van der Waals surface area (Å²) >= 11 is 0. The molecule has 0 aliphatic heterocycles. The molecule has 2 N–H and O–H groups in total. The Morgan fingerprint density at radius 2 is 2.27 bits per heavy atom. The molecule has 0 bridgehead atoms. The molecule has 1 heterocycles. The van der Waals surface area contributed by atoms with Crippen molar-refractivity contribution in [1.29, 1.82) is 0 Å². The van der Waals surface area contributed by atoms with E-state index in [-0.39, 0.29) is 6.41 Å². The number of aromatic nitrogens is 1. The van der Waals surface area contributed by atoms with E-state index in [1.807, 2.05) is 19.2 Å². The highest BCUT2D eigenvalue weighted by atomic mass is 16.1. The third-order valence-electron chi connectivity index (χ3n) is 1.76. The molecular formula is C12H16N2O. The summed E-state index contributed by atoms with van der Waals surface area (Å²) in [4.78, 5) is 12.8. The van der Waals surface area contributed by atoms with E-state index < -0.39 is 0 Å². The van der Waals surface area contributed by atoms with Crippen molar-refractivity contribution in [2.75, 3.05) is 0 Å². The largest absolute Gasteiger partial charge is 0.372 e. The van der Waals surface area contributed by atoms with Crippen molar-refractivity contribution >= 4 is 6.41 Å². The Hall–Kier alpha value is -1.82. The van der Waals surface area contributed by atoms with Gasteiger partial charge in [-0.15, -0.1) is 12.3 Å². The fourth-order valence-corrected chi connectivity index (χ4v) is 1.04. The van der Waals surface area contributed by atoms with Crippen molar-refractivity contribution in [3.8, 4) is 12.3 Å². The lowest BCUT2D eigenvalue weighted by atomic mass is 10.1. The predicted molar refractivity (Wildman–Crippen MR) is 61.0 cm³/mol. The molecule has 0 unspecified atom stereocenters. The van der Waals surface area contributed by atoms with Gasteiger partial charge in [-0.3, -0.25) is 9.78 Å². The van der Waals surface area contributed by atoms with E-state index in [0.29, 0.717) is 0 Å². The monoisotopic (exact) mass is 204 g/mol. The molecule has 0 atom stereocenters. The van der Waals surface area contributed by atoms with Crippen LogP contribution in [0.5, 0.6) is 0 Å². The maximum Gasteiger partial charge on any atom is 0.204 e. The van der Waals surface area contributed by atoms with Gasteiger partial charge in [-0.2, -0.15) is 0 Å². The zero-order valence-corrected chi connectivity index (χ0v) is 8.94. The first-order chi connectivity index (χ1) is 7.24. The van der Waals surface area contributed by atoms with Crippen LogP contribution >= 0.6 is 0 Å². The lowest BCUT2D eigenvalue weighted by molar-refractivity contribution is -0.106. The zero-order valence-electron chi connectivity index (χ0n) is 8.94. The number of pyridine rings is 1. The first-order valence-electron chi connectivity index (χ1n) is 4.75. The number of primary amides is 1. The first-order valence-corrected chi connectivity index (χ1v) is 4.75. The number of rotatable bonds is 3. The van der Waals surface area contributed by atoms with Crippen LogP contribution in [0.4, 0.5) is 0 Å². The van der Waals surface area contributed by atoms with Gasteiger partial charge in [0, 0.05) is 18.3 Å². The molecule has 15 heavy (non-hydrogen) atoms. The van der Waals surface area contributed by atoms with Crippen LogP contribution in [0.1, 0.15) is 24.1 Å². The van der Waals surface area contributed by atoms with Gasteiger partial charge < -0.3 is 5.73 Å². The molecule has 0 fully saturated rings. The van der Waals surface area contributed by atoms with Gasteiger partial charge in [-0.1, -0.05) is 6.07 Å². The summed E-state index contributed by atoms with van der Waals surface area (Å²) in [6, 6.07) is 4.14. The fourth-order valence-electron chi connectivity index (χ4n) is 1.04. The van der Waals surface area contributed by atoms with Crippen molar-refractivity contribution in [3.63, 3.8) is 0 Å². The highest BCUT2D eigenvalue weighted by Gasteiger charge is 1.91. The quantitative estimate of drug-likeness (QED) is 0.460. The van der Waals surface area contributed by atoms with E-state index in [0.717, 1.165) is 25.0 Å². The van der Waals surface area contributed by atoms with Crippen LogP contribution < -0.4 is 5.73 Å². The van der Waals surface area contributed by atoms with Crippen LogP contribution in [0, 0.1) is 19.3 Å². The third-order valence-corrected chi connectivity index (χ3v) is 1.76. The van der Waals surface area contributed by atoms with E-state index in [1.54, 1.807) is 0 Å². The van der Waals surface area contributed by atoms with Crippen molar-refractivity contribution in [1.82, 2.24) is 4.98 Å². The average molecular weight is 204 g/mol. The summed E-state index contributed by atoms with van der Waals surface area (Å²) < 4.78 is 0. The number of nitrogens with two attached hydrogens (primary N) is 1. The van der Waals surface area contributed by atoms with Gasteiger partial charge in [0.2, 0.25) is 6.41 Å². The Labute approximate surface area is 90.7 Å².